The van der Waals surface area contributed by atoms with Crippen molar-refractivity contribution in [3.63, 3.8) is 0 Å². The van der Waals surface area contributed by atoms with Gasteiger partial charge < -0.3 is 9.47 Å². The lowest BCUT2D eigenvalue weighted by atomic mass is 10.4. The summed E-state index contributed by atoms with van der Waals surface area (Å²) >= 11 is 0. The zero-order valence-corrected chi connectivity index (χ0v) is 12.8. The van der Waals surface area contributed by atoms with E-state index in [1.54, 1.807) is 0 Å². The predicted octanol–water partition coefficient (Wildman–Crippen LogP) is 1.49. The molecule has 1 rings (SSSR count). The lowest BCUT2D eigenvalue weighted by molar-refractivity contribution is 0.0714. The standard InChI is InChI=1S/C10H21NO4S.C2H6/c1-10(2)15-6-3-9-16(12,13)11-4-7-14-8-5-11;1-2/h10H,3-9H2,1-2H3;1-2H3. The number of sulfonamides is 1. The molecule has 0 unspecified atom stereocenters. The molecule has 1 heterocycles. The van der Waals surface area contributed by atoms with Crippen LogP contribution in [0.2, 0.25) is 0 Å². The Morgan fingerprint density at radius 3 is 2.28 bits per heavy atom. The molecule has 0 saturated carbocycles. The molecule has 5 nitrogen and oxygen atoms in total. The van der Waals surface area contributed by atoms with Crippen molar-refractivity contribution >= 4 is 10.0 Å². The summed E-state index contributed by atoms with van der Waals surface area (Å²) in [5, 5.41) is 0. The average Bonchev–Trinajstić information content (AvgIpc) is 2.38. The number of rotatable bonds is 6. The van der Waals surface area contributed by atoms with Crippen LogP contribution in [0.5, 0.6) is 0 Å². The minimum absolute atomic E-state index is 0.158. The molecule has 0 aliphatic carbocycles. The van der Waals surface area contributed by atoms with Crippen LogP contribution in [0.15, 0.2) is 0 Å². The van der Waals surface area contributed by atoms with E-state index in [-0.39, 0.29) is 11.9 Å². The van der Waals surface area contributed by atoms with Crippen LogP contribution >= 0.6 is 0 Å². The van der Waals surface area contributed by atoms with Gasteiger partial charge in [0, 0.05) is 19.7 Å². The van der Waals surface area contributed by atoms with E-state index in [1.165, 1.54) is 4.31 Å². The molecule has 6 heteroatoms. The smallest absolute Gasteiger partial charge is 0.214 e. The number of nitrogens with zero attached hydrogens (tertiary/aromatic N) is 1. The largest absolute Gasteiger partial charge is 0.379 e. The van der Waals surface area contributed by atoms with Gasteiger partial charge in [0.1, 0.15) is 0 Å². The minimum Gasteiger partial charge on any atom is -0.379 e. The number of morpholine rings is 1. The maximum absolute atomic E-state index is 11.8. The summed E-state index contributed by atoms with van der Waals surface area (Å²) in [7, 11) is -3.11. The molecule has 1 aliphatic rings. The third-order valence-corrected chi connectivity index (χ3v) is 4.32. The summed E-state index contributed by atoms with van der Waals surface area (Å²) in [5.41, 5.74) is 0. The Kier molecular flexibility index (Phi) is 9.63. The molecule has 0 bridgehead atoms. The molecule has 110 valence electrons. The van der Waals surface area contributed by atoms with E-state index in [9.17, 15) is 8.42 Å². The van der Waals surface area contributed by atoms with Crippen molar-refractivity contribution < 1.29 is 17.9 Å². The molecule has 0 radical (unpaired) electrons. The van der Waals surface area contributed by atoms with E-state index in [1.807, 2.05) is 27.7 Å². The molecular weight excluding hydrogens is 254 g/mol. The third-order valence-electron chi connectivity index (χ3n) is 2.36. The Balaban J connectivity index is 0.00000137. The van der Waals surface area contributed by atoms with Crippen LogP contribution in [0.4, 0.5) is 0 Å². The van der Waals surface area contributed by atoms with Crippen LogP contribution in [0, 0.1) is 0 Å². The Morgan fingerprint density at radius 1 is 1.22 bits per heavy atom. The summed E-state index contributed by atoms with van der Waals surface area (Å²) in [6.45, 7) is 10.3. The van der Waals surface area contributed by atoms with Gasteiger partial charge in [-0.3, -0.25) is 0 Å². The molecule has 0 N–H and O–H groups in total. The highest BCUT2D eigenvalue weighted by atomic mass is 32.2. The molecular formula is C12H27NO4S. The van der Waals surface area contributed by atoms with E-state index < -0.39 is 10.0 Å². The minimum atomic E-state index is -3.11. The van der Waals surface area contributed by atoms with Gasteiger partial charge in [0.25, 0.3) is 0 Å². The van der Waals surface area contributed by atoms with Gasteiger partial charge in [0.2, 0.25) is 10.0 Å². The maximum atomic E-state index is 11.8. The Bertz CT molecular complexity index is 284. The van der Waals surface area contributed by atoms with Crippen LogP contribution in [0.1, 0.15) is 34.1 Å². The van der Waals surface area contributed by atoms with Crippen molar-refractivity contribution in [3.8, 4) is 0 Å². The fraction of sp³-hybridized carbons (Fsp3) is 1.00. The van der Waals surface area contributed by atoms with E-state index in [2.05, 4.69) is 0 Å². The molecule has 0 atom stereocenters. The second-order valence-corrected chi connectivity index (χ2v) is 6.19. The normalized spacial score (nSPS) is 17.4. The summed E-state index contributed by atoms with van der Waals surface area (Å²) < 4.78 is 35.6. The highest BCUT2D eigenvalue weighted by Gasteiger charge is 2.23. The van der Waals surface area contributed by atoms with Gasteiger partial charge in [-0.2, -0.15) is 4.31 Å². The summed E-state index contributed by atoms with van der Waals surface area (Å²) in [4.78, 5) is 0. The van der Waals surface area contributed by atoms with Crippen molar-refractivity contribution in [3.05, 3.63) is 0 Å². The van der Waals surface area contributed by atoms with E-state index in [4.69, 9.17) is 9.47 Å². The molecule has 1 saturated heterocycles. The SMILES string of the molecule is CC.CC(C)OCCCS(=O)(=O)N1CCOCC1. The Hall–Kier alpha value is -0.170. The summed E-state index contributed by atoms with van der Waals surface area (Å²) in [5.74, 6) is 0.166. The molecule has 18 heavy (non-hydrogen) atoms. The molecule has 0 spiro atoms. The van der Waals surface area contributed by atoms with Crippen molar-refractivity contribution in [2.75, 3.05) is 38.7 Å². The molecule has 1 fully saturated rings. The van der Waals surface area contributed by atoms with Crippen LogP contribution < -0.4 is 0 Å². The number of hydrogen-bond acceptors (Lipinski definition) is 4. The fourth-order valence-electron chi connectivity index (χ4n) is 1.51. The lowest BCUT2D eigenvalue weighted by Crippen LogP contribution is -2.41. The average molecular weight is 281 g/mol. The first kappa shape index (κ1) is 17.8. The first-order valence-electron chi connectivity index (χ1n) is 6.69. The van der Waals surface area contributed by atoms with E-state index >= 15 is 0 Å². The number of ether oxygens (including phenoxy) is 2. The van der Waals surface area contributed by atoms with Gasteiger partial charge in [-0.25, -0.2) is 8.42 Å². The predicted molar refractivity (Wildman–Crippen MR) is 73.2 cm³/mol. The first-order chi connectivity index (χ1) is 8.52. The molecule has 0 aromatic heterocycles. The zero-order valence-electron chi connectivity index (χ0n) is 12.0. The van der Waals surface area contributed by atoms with Crippen molar-refractivity contribution in [2.45, 2.75) is 40.2 Å². The summed E-state index contributed by atoms with van der Waals surface area (Å²) in [6.07, 6.45) is 0.712. The second-order valence-electron chi connectivity index (χ2n) is 4.10. The van der Waals surface area contributed by atoms with Crippen LogP contribution in [-0.4, -0.2) is 57.5 Å². The van der Waals surface area contributed by atoms with Gasteiger partial charge in [-0.15, -0.1) is 0 Å². The first-order valence-corrected chi connectivity index (χ1v) is 8.30. The van der Waals surface area contributed by atoms with Gasteiger partial charge in [-0.1, -0.05) is 13.8 Å². The van der Waals surface area contributed by atoms with Gasteiger partial charge in [0.15, 0.2) is 0 Å². The molecule has 0 aromatic rings. The zero-order chi connectivity index (χ0) is 14.0. The second kappa shape index (κ2) is 9.72. The molecule has 0 amide bonds. The quantitative estimate of drug-likeness (QED) is 0.692. The maximum Gasteiger partial charge on any atom is 0.214 e. The highest BCUT2D eigenvalue weighted by molar-refractivity contribution is 7.89. The number of hydrogen-bond donors (Lipinski definition) is 0. The van der Waals surface area contributed by atoms with Crippen LogP contribution in [0.3, 0.4) is 0 Å². The molecule has 0 aromatic carbocycles. The van der Waals surface area contributed by atoms with Crippen LogP contribution in [-0.2, 0) is 19.5 Å². The third kappa shape index (κ3) is 7.31. The molecule has 1 aliphatic heterocycles. The monoisotopic (exact) mass is 281 g/mol. The van der Waals surface area contributed by atoms with Gasteiger partial charge in [-0.05, 0) is 20.3 Å². The van der Waals surface area contributed by atoms with Crippen LogP contribution in [0.25, 0.3) is 0 Å². The summed E-state index contributed by atoms with van der Waals surface area (Å²) in [6, 6.07) is 0. The topological polar surface area (TPSA) is 55.8 Å². The highest BCUT2D eigenvalue weighted by Crippen LogP contribution is 2.07. The van der Waals surface area contributed by atoms with E-state index in [0.717, 1.165) is 0 Å². The Morgan fingerprint density at radius 2 is 1.78 bits per heavy atom. The van der Waals surface area contributed by atoms with Gasteiger partial charge in [0.05, 0.1) is 25.1 Å². The van der Waals surface area contributed by atoms with E-state index in [0.29, 0.717) is 39.3 Å². The fourth-order valence-corrected chi connectivity index (χ4v) is 2.96. The Labute approximate surface area is 112 Å². The van der Waals surface area contributed by atoms with Crippen molar-refractivity contribution in [1.82, 2.24) is 4.31 Å². The lowest BCUT2D eigenvalue weighted by Gasteiger charge is -2.26. The van der Waals surface area contributed by atoms with Crippen molar-refractivity contribution in [1.29, 1.82) is 0 Å². The van der Waals surface area contributed by atoms with Gasteiger partial charge >= 0.3 is 0 Å². The van der Waals surface area contributed by atoms with Crippen molar-refractivity contribution in [2.24, 2.45) is 0 Å².